The molecule has 3 aromatic heterocycles. The first kappa shape index (κ1) is 18.1. The van der Waals surface area contributed by atoms with E-state index in [9.17, 15) is 9.18 Å². The third-order valence-corrected chi connectivity index (χ3v) is 5.85. The number of fused-ring (bicyclic) bond motifs is 3. The lowest BCUT2D eigenvalue weighted by Crippen LogP contribution is -2.56. The molecule has 1 amide bonds. The van der Waals surface area contributed by atoms with Crippen molar-refractivity contribution >= 4 is 17.2 Å². The normalized spacial score (nSPS) is 21.1. The molecule has 2 bridgehead atoms. The fraction of sp³-hybridized carbons (Fsp3) is 0.381. The highest BCUT2D eigenvalue weighted by Crippen LogP contribution is 2.35. The van der Waals surface area contributed by atoms with Crippen molar-refractivity contribution in [2.45, 2.75) is 31.5 Å². The zero-order valence-corrected chi connectivity index (χ0v) is 15.9. The number of piperazine rings is 1. The lowest BCUT2D eigenvalue weighted by atomic mass is 10.1. The summed E-state index contributed by atoms with van der Waals surface area (Å²) < 4.78 is 21.9. The average Bonchev–Trinajstić information content (AvgIpc) is 3.30. The maximum absolute atomic E-state index is 14.2. The highest BCUT2D eigenvalue weighted by atomic mass is 19.1. The van der Waals surface area contributed by atoms with Gasteiger partial charge in [0.2, 0.25) is 5.91 Å². The Morgan fingerprint density at radius 1 is 1.17 bits per heavy atom. The molecule has 2 fully saturated rings. The molecular formula is C21H22FN5O2. The number of likely N-dealkylation sites (tertiary alicyclic amines) is 1. The van der Waals surface area contributed by atoms with Gasteiger partial charge in [-0.1, -0.05) is 6.07 Å². The predicted octanol–water partition coefficient (Wildman–Crippen LogP) is 2.26. The number of ether oxygens (including phenoxy) is 1. The van der Waals surface area contributed by atoms with E-state index in [1.165, 1.54) is 6.20 Å². The van der Waals surface area contributed by atoms with Crippen LogP contribution in [0.25, 0.3) is 5.65 Å². The maximum Gasteiger partial charge on any atom is 0.248 e. The van der Waals surface area contributed by atoms with Crippen molar-refractivity contribution in [3.05, 3.63) is 60.6 Å². The molecule has 0 radical (unpaired) electrons. The lowest BCUT2D eigenvalue weighted by molar-refractivity contribution is -0.137. The molecule has 2 aliphatic rings. The molecule has 0 N–H and O–H groups in total. The molecular weight excluding hydrogens is 373 g/mol. The number of hydrogen-bond acceptors (Lipinski definition) is 5. The minimum atomic E-state index is -0.304. The van der Waals surface area contributed by atoms with Gasteiger partial charge < -0.3 is 18.9 Å². The van der Waals surface area contributed by atoms with Crippen molar-refractivity contribution < 1.29 is 13.9 Å². The van der Waals surface area contributed by atoms with Crippen LogP contribution in [0, 0.1) is 5.82 Å². The van der Waals surface area contributed by atoms with Crippen LogP contribution in [0.3, 0.4) is 0 Å². The third-order valence-electron chi connectivity index (χ3n) is 5.85. The van der Waals surface area contributed by atoms with Crippen molar-refractivity contribution in [1.29, 1.82) is 0 Å². The van der Waals surface area contributed by atoms with Crippen molar-refractivity contribution in [3.63, 3.8) is 0 Å². The second kappa shape index (κ2) is 7.44. The molecule has 7 nitrogen and oxygen atoms in total. The molecule has 0 unspecified atom stereocenters. The Morgan fingerprint density at radius 2 is 2.00 bits per heavy atom. The molecule has 29 heavy (non-hydrogen) atoms. The van der Waals surface area contributed by atoms with Crippen LogP contribution >= 0.6 is 0 Å². The second-order valence-corrected chi connectivity index (χ2v) is 7.58. The fourth-order valence-electron chi connectivity index (χ4n) is 4.54. The average molecular weight is 395 g/mol. The van der Waals surface area contributed by atoms with E-state index in [1.807, 2.05) is 33.7 Å². The van der Waals surface area contributed by atoms with Gasteiger partial charge >= 0.3 is 0 Å². The number of carbonyl (C=O) groups excluding carboxylic acids is 1. The number of carbonyl (C=O) groups is 1. The van der Waals surface area contributed by atoms with E-state index in [-0.39, 0.29) is 30.4 Å². The van der Waals surface area contributed by atoms with Crippen LogP contribution in [0.2, 0.25) is 0 Å². The fourth-order valence-corrected chi connectivity index (χ4v) is 4.54. The van der Waals surface area contributed by atoms with Gasteiger partial charge in [0, 0.05) is 49.5 Å². The number of rotatable bonds is 5. The number of pyridine rings is 2. The first-order valence-corrected chi connectivity index (χ1v) is 9.85. The molecule has 150 valence electrons. The van der Waals surface area contributed by atoms with E-state index in [2.05, 4.69) is 14.9 Å². The predicted molar refractivity (Wildman–Crippen MR) is 105 cm³/mol. The van der Waals surface area contributed by atoms with Crippen molar-refractivity contribution in [2.75, 3.05) is 24.6 Å². The number of imidazole rings is 1. The molecule has 8 heteroatoms. The van der Waals surface area contributed by atoms with E-state index >= 15 is 0 Å². The molecule has 0 spiro atoms. The Morgan fingerprint density at radius 3 is 2.79 bits per heavy atom. The second-order valence-electron chi connectivity index (χ2n) is 7.58. The van der Waals surface area contributed by atoms with Gasteiger partial charge in [0.1, 0.15) is 12.3 Å². The van der Waals surface area contributed by atoms with Crippen LogP contribution < -0.4 is 4.90 Å². The minimum absolute atomic E-state index is 0.0189. The summed E-state index contributed by atoms with van der Waals surface area (Å²) in [5, 5.41) is 0. The Balaban J connectivity index is 1.20. The van der Waals surface area contributed by atoms with Crippen LogP contribution in [0.15, 0.2) is 49.1 Å². The summed E-state index contributed by atoms with van der Waals surface area (Å²) in [6.07, 6.45) is 8.40. The quantitative estimate of drug-likeness (QED) is 0.663. The van der Waals surface area contributed by atoms with Gasteiger partial charge in [0.05, 0.1) is 18.5 Å². The van der Waals surface area contributed by atoms with Gasteiger partial charge in [-0.15, -0.1) is 0 Å². The van der Waals surface area contributed by atoms with Gasteiger partial charge in [0.15, 0.2) is 5.82 Å². The van der Waals surface area contributed by atoms with Crippen molar-refractivity contribution in [3.8, 4) is 0 Å². The largest absolute Gasteiger partial charge is 0.365 e. The van der Waals surface area contributed by atoms with E-state index in [0.717, 1.165) is 24.2 Å². The summed E-state index contributed by atoms with van der Waals surface area (Å²) in [6.45, 7) is 1.57. The van der Waals surface area contributed by atoms with Crippen molar-refractivity contribution in [1.82, 2.24) is 19.3 Å². The van der Waals surface area contributed by atoms with Gasteiger partial charge in [-0.25, -0.2) is 9.37 Å². The number of amides is 1. The van der Waals surface area contributed by atoms with Gasteiger partial charge in [-0.2, -0.15) is 0 Å². The van der Waals surface area contributed by atoms with E-state index in [4.69, 9.17) is 4.74 Å². The zero-order valence-electron chi connectivity index (χ0n) is 15.9. The number of nitrogens with zero attached hydrogens (tertiary/aromatic N) is 5. The van der Waals surface area contributed by atoms with Crippen LogP contribution in [0.4, 0.5) is 10.1 Å². The summed E-state index contributed by atoms with van der Waals surface area (Å²) in [5.74, 6) is -0.323. The van der Waals surface area contributed by atoms with Gasteiger partial charge in [-0.3, -0.25) is 9.78 Å². The Labute approximate surface area is 167 Å². The number of aromatic nitrogens is 3. The SMILES string of the molecule is O=C(COCc1cccc2nccn12)N1C[C@H]2CC[C@@H](C1)N2c1ccncc1F. The van der Waals surface area contributed by atoms with E-state index < -0.39 is 0 Å². The molecule has 0 saturated carbocycles. The topological polar surface area (TPSA) is 63.0 Å². The Hall–Kier alpha value is -3.00. The first-order chi connectivity index (χ1) is 14.2. The first-order valence-electron chi connectivity index (χ1n) is 9.85. The Bertz CT molecular complexity index is 1020. The number of hydrogen-bond donors (Lipinski definition) is 0. The number of anilines is 1. The highest BCUT2D eigenvalue weighted by Gasteiger charge is 2.42. The molecule has 2 atom stereocenters. The monoisotopic (exact) mass is 395 g/mol. The van der Waals surface area contributed by atoms with Crippen LogP contribution in [0.5, 0.6) is 0 Å². The third kappa shape index (κ3) is 3.33. The van der Waals surface area contributed by atoms with E-state index in [1.54, 1.807) is 18.5 Å². The van der Waals surface area contributed by atoms with Crippen LogP contribution in [-0.2, 0) is 16.1 Å². The summed E-state index contributed by atoms with van der Waals surface area (Å²) >= 11 is 0. The number of halogens is 1. The summed E-state index contributed by atoms with van der Waals surface area (Å²) in [6, 6.07) is 7.80. The maximum atomic E-state index is 14.2. The summed E-state index contributed by atoms with van der Waals surface area (Å²) in [5.41, 5.74) is 2.39. The molecule has 5 rings (SSSR count). The van der Waals surface area contributed by atoms with E-state index in [0.29, 0.717) is 25.4 Å². The molecule has 5 heterocycles. The van der Waals surface area contributed by atoms with Crippen LogP contribution in [-0.4, -0.2) is 57.0 Å². The molecule has 0 aliphatic carbocycles. The molecule has 2 aliphatic heterocycles. The standard InChI is InChI=1S/C21H22FN5O2/c22-18-10-23-7-6-19(18)27-15-4-5-16(27)12-25(11-15)21(28)14-29-13-17-2-1-3-20-24-8-9-26(17)20/h1-3,6-10,15-16H,4-5,11-14H2/t15-,16+. The minimum Gasteiger partial charge on any atom is -0.365 e. The van der Waals surface area contributed by atoms with Crippen LogP contribution in [0.1, 0.15) is 18.5 Å². The lowest BCUT2D eigenvalue weighted by Gasteiger charge is -2.42. The molecule has 0 aromatic carbocycles. The summed E-state index contributed by atoms with van der Waals surface area (Å²) in [4.78, 5) is 24.8. The molecule has 3 aromatic rings. The smallest absolute Gasteiger partial charge is 0.248 e. The molecule has 2 saturated heterocycles. The van der Waals surface area contributed by atoms with Gasteiger partial charge in [0.25, 0.3) is 0 Å². The van der Waals surface area contributed by atoms with Gasteiger partial charge in [-0.05, 0) is 31.0 Å². The Kier molecular flexibility index (Phi) is 4.63. The zero-order chi connectivity index (χ0) is 19.8. The highest BCUT2D eigenvalue weighted by molar-refractivity contribution is 5.78. The van der Waals surface area contributed by atoms with Crippen molar-refractivity contribution in [2.24, 2.45) is 0 Å². The summed E-state index contributed by atoms with van der Waals surface area (Å²) in [7, 11) is 0.